The van der Waals surface area contributed by atoms with Gasteiger partial charge in [0.15, 0.2) is 0 Å². The lowest BCUT2D eigenvalue weighted by Crippen LogP contribution is -2.13. The molecule has 1 unspecified atom stereocenters. The topological polar surface area (TPSA) is 39.2 Å². The van der Waals surface area contributed by atoms with E-state index in [0.717, 1.165) is 22.0 Å². The number of carbonyl (C=O) groups excluding carboxylic acids is 1. The first kappa shape index (κ1) is 12.2. The molecule has 0 aliphatic carbocycles. The van der Waals surface area contributed by atoms with Crippen LogP contribution in [-0.2, 0) is 16.1 Å². The molecular formula is C11H17NO2S. The fourth-order valence-corrected chi connectivity index (χ4v) is 2.00. The van der Waals surface area contributed by atoms with Gasteiger partial charge in [-0.2, -0.15) is 0 Å². The summed E-state index contributed by atoms with van der Waals surface area (Å²) in [6.07, 6.45) is 0.819. The molecule has 0 amide bonds. The van der Waals surface area contributed by atoms with Crippen LogP contribution in [0.3, 0.4) is 0 Å². The van der Waals surface area contributed by atoms with Crippen LogP contribution in [0.25, 0.3) is 0 Å². The molecule has 0 N–H and O–H groups in total. The molecule has 0 bridgehead atoms. The van der Waals surface area contributed by atoms with Crippen molar-refractivity contribution in [1.29, 1.82) is 0 Å². The van der Waals surface area contributed by atoms with E-state index in [2.05, 4.69) is 4.98 Å². The Kier molecular flexibility index (Phi) is 4.27. The summed E-state index contributed by atoms with van der Waals surface area (Å²) in [5.41, 5.74) is 0.967. The maximum absolute atomic E-state index is 11.4. The Balaban J connectivity index is 2.50. The molecule has 0 saturated carbocycles. The molecular weight excluding hydrogens is 210 g/mol. The summed E-state index contributed by atoms with van der Waals surface area (Å²) in [7, 11) is 0. The maximum atomic E-state index is 11.4. The van der Waals surface area contributed by atoms with Crippen molar-refractivity contribution in [3.05, 3.63) is 15.6 Å². The minimum Gasteiger partial charge on any atom is -0.460 e. The van der Waals surface area contributed by atoms with Crippen LogP contribution >= 0.6 is 11.3 Å². The van der Waals surface area contributed by atoms with E-state index in [-0.39, 0.29) is 11.9 Å². The van der Waals surface area contributed by atoms with Crippen molar-refractivity contribution in [2.75, 3.05) is 0 Å². The molecule has 0 aromatic carbocycles. The van der Waals surface area contributed by atoms with Gasteiger partial charge in [-0.15, -0.1) is 11.3 Å². The van der Waals surface area contributed by atoms with Gasteiger partial charge in [0, 0.05) is 0 Å². The van der Waals surface area contributed by atoms with E-state index < -0.39 is 0 Å². The standard InChI is InChI=1S/C11H17NO2S/c1-5-7(2)11(13)14-6-10-8(3)12-9(4)15-10/h7H,5-6H2,1-4H3. The van der Waals surface area contributed by atoms with E-state index >= 15 is 0 Å². The number of hydrogen-bond acceptors (Lipinski definition) is 4. The summed E-state index contributed by atoms with van der Waals surface area (Å²) >= 11 is 1.59. The Labute approximate surface area is 94.5 Å². The van der Waals surface area contributed by atoms with Crippen molar-refractivity contribution in [2.24, 2.45) is 5.92 Å². The highest BCUT2D eigenvalue weighted by molar-refractivity contribution is 7.11. The first-order valence-electron chi connectivity index (χ1n) is 5.14. The average Bonchev–Trinajstić information content (AvgIpc) is 2.52. The smallest absolute Gasteiger partial charge is 0.308 e. The van der Waals surface area contributed by atoms with Gasteiger partial charge in [-0.1, -0.05) is 13.8 Å². The van der Waals surface area contributed by atoms with Gasteiger partial charge in [-0.3, -0.25) is 4.79 Å². The molecule has 4 heteroatoms. The van der Waals surface area contributed by atoms with Crippen LogP contribution in [0.4, 0.5) is 0 Å². The van der Waals surface area contributed by atoms with Crippen molar-refractivity contribution in [1.82, 2.24) is 4.98 Å². The van der Waals surface area contributed by atoms with Gasteiger partial charge in [-0.05, 0) is 20.3 Å². The summed E-state index contributed by atoms with van der Waals surface area (Å²) in [5, 5.41) is 1.02. The predicted octanol–water partition coefficient (Wildman–Crippen LogP) is 2.85. The van der Waals surface area contributed by atoms with Crippen LogP contribution in [0.2, 0.25) is 0 Å². The normalized spacial score (nSPS) is 12.5. The van der Waals surface area contributed by atoms with E-state index in [0.29, 0.717) is 6.61 Å². The number of aromatic nitrogens is 1. The highest BCUT2D eigenvalue weighted by Gasteiger charge is 2.13. The molecule has 1 rings (SSSR count). The fourth-order valence-electron chi connectivity index (χ4n) is 1.15. The molecule has 1 heterocycles. The van der Waals surface area contributed by atoms with E-state index in [1.807, 2.05) is 27.7 Å². The van der Waals surface area contributed by atoms with Gasteiger partial charge in [0.05, 0.1) is 21.5 Å². The second-order valence-electron chi connectivity index (χ2n) is 3.66. The average molecular weight is 227 g/mol. The molecule has 0 spiro atoms. The summed E-state index contributed by atoms with van der Waals surface area (Å²) < 4.78 is 5.21. The van der Waals surface area contributed by atoms with Crippen LogP contribution in [0.15, 0.2) is 0 Å². The highest BCUT2D eigenvalue weighted by atomic mass is 32.1. The van der Waals surface area contributed by atoms with Crippen LogP contribution < -0.4 is 0 Å². The summed E-state index contributed by atoms with van der Waals surface area (Å²) in [4.78, 5) is 16.8. The van der Waals surface area contributed by atoms with Crippen LogP contribution in [0.1, 0.15) is 35.8 Å². The Morgan fingerprint density at radius 2 is 2.20 bits per heavy atom. The Hall–Kier alpha value is -0.900. The van der Waals surface area contributed by atoms with Gasteiger partial charge in [0.1, 0.15) is 6.61 Å². The molecule has 0 radical (unpaired) electrons. The third-order valence-corrected chi connectivity index (χ3v) is 3.41. The van der Waals surface area contributed by atoms with Gasteiger partial charge < -0.3 is 4.74 Å². The molecule has 3 nitrogen and oxygen atoms in total. The first-order valence-corrected chi connectivity index (χ1v) is 5.95. The van der Waals surface area contributed by atoms with Crippen LogP contribution in [0.5, 0.6) is 0 Å². The van der Waals surface area contributed by atoms with Crippen molar-refractivity contribution in [3.8, 4) is 0 Å². The predicted molar refractivity (Wildman–Crippen MR) is 60.8 cm³/mol. The van der Waals surface area contributed by atoms with Gasteiger partial charge in [0.2, 0.25) is 0 Å². The fraction of sp³-hybridized carbons (Fsp3) is 0.636. The highest BCUT2D eigenvalue weighted by Crippen LogP contribution is 2.18. The number of esters is 1. The quantitative estimate of drug-likeness (QED) is 0.742. The number of aryl methyl sites for hydroxylation is 2. The SMILES string of the molecule is CCC(C)C(=O)OCc1sc(C)nc1C. The lowest BCUT2D eigenvalue weighted by Gasteiger charge is -2.08. The van der Waals surface area contributed by atoms with Crippen molar-refractivity contribution in [2.45, 2.75) is 40.7 Å². The molecule has 0 fully saturated rings. The molecule has 15 heavy (non-hydrogen) atoms. The second kappa shape index (κ2) is 5.26. The Morgan fingerprint density at radius 1 is 1.53 bits per heavy atom. The largest absolute Gasteiger partial charge is 0.460 e. The Morgan fingerprint density at radius 3 is 2.67 bits per heavy atom. The summed E-state index contributed by atoms with van der Waals surface area (Å²) in [6.45, 7) is 8.12. The number of hydrogen-bond donors (Lipinski definition) is 0. The molecule has 1 atom stereocenters. The van der Waals surface area contributed by atoms with Crippen LogP contribution in [-0.4, -0.2) is 11.0 Å². The van der Waals surface area contributed by atoms with Crippen molar-refractivity contribution in [3.63, 3.8) is 0 Å². The lowest BCUT2D eigenvalue weighted by atomic mass is 10.1. The summed E-state index contributed by atoms with van der Waals surface area (Å²) in [5.74, 6) is -0.137. The molecule has 0 aliphatic heterocycles. The van der Waals surface area contributed by atoms with E-state index in [9.17, 15) is 4.79 Å². The minimum atomic E-state index is -0.122. The minimum absolute atomic E-state index is 0.0145. The van der Waals surface area contributed by atoms with Crippen molar-refractivity contribution >= 4 is 17.3 Å². The number of thiazole rings is 1. The van der Waals surface area contributed by atoms with Crippen molar-refractivity contribution < 1.29 is 9.53 Å². The zero-order valence-corrected chi connectivity index (χ0v) is 10.5. The molecule has 1 aromatic heterocycles. The van der Waals surface area contributed by atoms with Gasteiger partial charge >= 0.3 is 5.97 Å². The van der Waals surface area contributed by atoms with E-state index in [1.54, 1.807) is 11.3 Å². The lowest BCUT2D eigenvalue weighted by molar-refractivity contribution is -0.149. The zero-order valence-electron chi connectivity index (χ0n) is 9.66. The van der Waals surface area contributed by atoms with Gasteiger partial charge in [-0.25, -0.2) is 4.98 Å². The van der Waals surface area contributed by atoms with Gasteiger partial charge in [0.25, 0.3) is 0 Å². The van der Waals surface area contributed by atoms with E-state index in [1.165, 1.54) is 0 Å². The third kappa shape index (κ3) is 3.30. The molecule has 84 valence electrons. The Bertz CT molecular complexity index is 346. The second-order valence-corrected chi connectivity index (χ2v) is 4.95. The number of carbonyl (C=O) groups is 1. The number of nitrogens with zero attached hydrogens (tertiary/aromatic N) is 1. The molecule has 1 aromatic rings. The maximum Gasteiger partial charge on any atom is 0.308 e. The summed E-state index contributed by atoms with van der Waals surface area (Å²) in [6, 6.07) is 0. The molecule has 0 saturated heterocycles. The zero-order chi connectivity index (χ0) is 11.4. The third-order valence-electron chi connectivity index (χ3n) is 2.36. The monoisotopic (exact) mass is 227 g/mol. The van der Waals surface area contributed by atoms with Crippen LogP contribution in [0, 0.1) is 19.8 Å². The molecule has 0 aliphatic rings. The number of rotatable bonds is 4. The first-order chi connectivity index (χ1) is 7.04. The van der Waals surface area contributed by atoms with E-state index in [4.69, 9.17) is 4.74 Å². The number of ether oxygens (including phenoxy) is 1.